The lowest BCUT2D eigenvalue weighted by molar-refractivity contribution is 0.376. The van der Waals surface area contributed by atoms with Crippen molar-refractivity contribution in [2.75, 3.05) is 24.6 Å². The number of nitrogens with zero attached hydrogens (tertiary/aromatic N) is 2. The van der Waals surface area contributed by atoms with Gasteiger partial charge in [-0.1, -0.05) is 0 Å². The second-order valence-electron chi connectivity index (χ2n) is 4.25. The number of hydrogen-bond acceptors (Lipinski definition) is 3. The van der Waals surface area contributed by atoms with Gasteiger partial charge in [0, 0.05) is 31.1 Å². The minimum Gasteiger partial charge on any atom is -0.486 e. The van der Waals surface area contributed by atoms with Crippen LogP contribution in [0.3, 0.4) is 0 Å². The lowest BCUT2D eigenvalue weighted by Gasteiger charge is -2.31. The van der Waals surface area contributed by atoms with Crippen LogP contribution in [-0.2, 0) is 6.42 Å². The molecule has 3 rings (SSSR count). The van der Waals surface area contributed by atoms with E-state index in [1.54, 1.807) is 0 Å². The van der Waals surface area contributed by atoms with Gasteiger partial charge >= 0.3 is 0 Å². The number of ether oxygens (including phenoxy) is 1. The molecule has 0 N–H and O–H groups in total. The van der Waals surface area contributed by atoms with Crippen molar-refractivity contribution in [2.45, 2.75) is 19.8 Å². The molecule has 1 aromatic rings. The summed E-state index contributed by atoms with van der Waals surface area (Å²) in [5.41, 5.74) is 3.74. The fourth-order valence-corrected chi connectivity index (χ4v) is 2.48. The summed E-state index contributed by atoms with van der Waals surface area (Å²) in [7, 11) is 0. The smallest absolute Gasteiger partial charge is 0.147 e. The molecule has 2 aliphatic rings. The number of fused-ring (bicyclic) bond motifs is 2. The van der Waals surface area contributed by atoms with E-state index in [0.29, 0.717) is 6.61 Å². The Hall–Kier alpha value is -1.51. The number of aryl methyl sites for hydroxylation is 1. The first kappa shape index (κ1) is 9.70. The molecule has 0 unspecified atom stereocenters. The highest BCUT2D eigenvalue weighted by Crippen LogP contribution is 2.38. The van der Waals surface area contributed by atoms with Gasteiger partial charge in [0.2, 0.25) is 0 Å². The molecule has 0 amide bonds. The van der Waals surface area contributed by atoms with E-state index in [1.807, 2.05) is 6.21 Å². The molecular formula is C13H16N2O. The lowest BCUT2D eigenvalue weighted by atomic mass is 10.0. The van der Waals surface area contributed by atoms with Crippen molar-refractivity contribution in [3.8, 4) is 5.75 Å². The third kappa shape index (κ3) is 1.47. The first-order valence-electron chi connectivity index (χ1n) is 5.95. The van der Waals surface area contributed by atoms with Gasteiger partial charge in [0.15, 0.2) is 0 Å². The van der Waals surface area contributed by atoms with Crippen LogP contribution in [0, 0.1) is 0 Å². The molecule has 0 aliphatic carbocycles. The van der Waals surface area contributed by atoms with Gasteiger partial charge in [-0.3, -0.25) is 4.99 Å². The Morgan fingerprint density at radius 3 is 3.25 bits per heavy atom. The fraction of sp³-hybridized carbons (Fsp3) is 0.462. The summed E-state index contributed by atoms with van der Waals surface area (Å²) in [4.78, 5) is 6.80. The average Bonchev–Trinajstić information content (AvgIpc) is 2.35. The van der Waals surface area contributed by atoms with Crippen LogP contribution < -0.4 is 9.64 Å². The molecule has 0 spiro atoms. The number of anilines is 1. The number of rotatable bonds is 1. The van der Waals surface area contributed by atoms with Crippen LogP contribution in [0.25, 0.3) is 0 Å². The summed E-state index contributed by atoms with van der Waals surface area (Å²) < 4.78 is 5.61. The molecule has 0 aromatic heterocycles. The van der Waals surface area contributed by atoms with Crippen LogP contribution >= 0.6 is 0 Å². The number of aliphatic imine (C=N–C) groups is 1. The maximum absolute atomic E-state index is 5.61. The first-order valence-corrected chi connectivity index (χ1v) is 5.95. The van der Waals surface area contributed by atoms with Crippen molar-refractivity contribution in [2.24, 2.45) is 4.99 Å². The first-order chi connectivity index (χ1) is 7.88. The standard InChI is InChI=1S/C13H16N2O/c1-2-15-6-3-4-10-8-11-13(9-12(10)15)16-7-5-14-11/h5,8-9H,2-4,6-7H2,1H3. The molecule has 16 heavy (non-hydrogen) atoms. The second-order valence-corrected chi connectivity index (χ2v) is 4.25. The molecule has 0 radical (unpaired) electrons. The third-order valence-corrected chi connectivity index (χ3v) is 3.30. The van der Waals surface area contributed by atoms with Gasteiger partial charge in [-0.05, 0) is 31.4 Å². The highest BCUT2D eigenvalue weighted by atomic mass is 16.5. The minimum atomic E-state index is 0.595. The zero-order chi connectivity index (χ0) is 11.0. The van der Waals surface area contributed by atoms with Crippen molar-refractivity contribution in [3.63, 3.8) is 0 Å². The molecule has 3 nitrogen and oxygen atoms in total. The Bertz CT molecular complexity index is 440. The molecule has 0 fully saturated rings. The van der Waals surface area contributed by atoms with E-state index in [9.17, 15) is 0 Å². The van der Waals surface area contributed by atoms with Crippen molar-refractivity contribution < 1.29 is 4.74 Å². The Labute approximate surface area is 95.7 Å². The van der Waals surface area contributed by atoms with E-state index in [-0.39, 0.29) is 0 Å². The van der Waals surface area contributed by atoms with Gasteiger partial charge in [-0.2, -0.15) is 0 Å². The van der Waals surface area contributed by atoms with Crippen LogP contribution in [0.5, 0.6) is 5.75 Å². The largest absolute Gasteiger partial charge is 0.486 e. The maximum atomic E-state index is 5.61. The predicted molar refractivity (Wildman–Crippen MR) is 66.3 cm³/mol. The van der Waals surface area contributed by atoms with Crippen molar-refractivity contribution >= 4 is 17.6 Å². The summed E-state index contributed by atoms with van der Waals surface area (Å²) in [5.74, 6) is 0.932. The molecule has 0 saturated carbocycles. The molecule has 0 atom stereocenters. The number of hydrogen-bond donors (Lipinski definition) is 0. The Morgan fingerprint density at radius 2 is 2.38 bits per heavy atom. The Balaban J connectivity index is 2.09. The van der Waals surface area contributed by atoms with Crippen LogP contribution in [0.15, 0.2) is 17.1 Å². The van der Waals surface area contributed by atoms with Crippen LogP contribution in [0.1, 0.15) is 18.9 Å². The topological polar surface area (TPSA) is 24.8 Å². The molecule has 0 bridgehead atoms. The van der Waals surface area contributed by atoms with Crippen molar-refractivity contribution in [1.82, 2.24) is 0 Å². The van der Waals surface area contributed by atoms with Gasteiger partial charge in [0.05, 0.1) is 0 Å². The summed E-state index contributed by atoms with van der Waals surface area (Å²) in [6, 6.07) is 4.34. The quantitative estimate of drug-likeness (QED) is 0.720. The number of benzene rings is 1. The molecule has 2 aliphatic heterocycles. The normalized spacial score (nSPS) is 17.7. The molecule has 3 heteroatoms. The zero-order valence-corrected chi connectivity index (χ0v) is 9.57. The average molecular weight is 216 g/mol. The summed E-state index contributed by atoms with van der Waals surface area (Å²) in [6.07, 6.45) is 4.23. The van der Waals surface area contributed by atoms with Gasteiger partial charge in [-0.25, -0.2) is 0 Å². The molecule has 0 saturated heterocycles. The lowest BCUT2D eigenvalue weighted by Crippen LogP contribution is -2.29. The van der Waals surface area contributed by atoms with Gasteiger partial charge in [0.1, 0.15) is 18.0 Å². The minimum absolute atomic E-state index is 0.595. The van der Waals surface area contributed by atoms with E-state index in [0.717, 1.165) is 30.9 Å². The van der Waals surface area contributed by atoms with E-state index in [4.69, 9.17) is 4.74 Å². The Kier molecular flexibility index (Phi) is 2.31. The zero-order valence-electron chi connectivity index (χ0n) is 9.57. The molecule has 1 aromatic carbocycles. The Morgan fingerprint density at radius 1 is 1.44 bits per heavy atom. The van der Waals surface area contributed by atoms with E-state index in [2.05, 4.69) is 28.9 Å². The van der Waals surface area contributed by atoms with E-state index in [1.165, 1.54) is 17.7 Å². The van der Waals surface area contributed by atoms with Gasteiger partial charge in [0.25, 0.3) is 0 Å². The van der Waals surface area contributed by atoms with Crippen LogP contribution in [-0.4, -0.2) is 25.9 Å². The second kappa shape index (κ2) is 3.81. The highest BCUT2D eigenvalue weighted by Gasteiger charge is 2.19. The van der Waals surface area contributed by atoms with E-state index >= 15 is 0 Å². The fourth-order valence-electron chi connectivity index (χ4n) is 2.48. The summed E-state index contributed by atoms with van der Waals surface area (Å²) in [6.45, 7) is 5.02. The third-order valence-electron chi connectivity index (χ3n) is 3.30. The summed E-state index contributed by atoms with van der Waals surface area (Å²) in [5, 5.41) is 0. The van der Waals surface area contributed by atoms with E-state index < -0.39 is 0 Å². The van der Waals surface area contributed by atoms with Gasteiger partial charge in [-0.15, -0.1) is 0 Å². The van der Waals surface area contributed by atoms with Crippen LogP contribution in [0.2, 0.25) is 0 Å². The molecule has 84 valence electrons. The van der Waals surface area contributed by atoms with Crippen LogP contribution in [0.4, 0.5) is 11.4 Å². The molecular weight excluding hydrogens is 200 g/mol. The summed E-state index contributed by atoms with van der Waals surface area (Å²) >= 11 is 0. The van der Waals surface area contributed by atoms with Crippen molar-refractivity contribution in [3.05, 3.63) is 17.7 Å². The maximum Gasteiger partial charge on any atom is 0.147 e. The SMILES string of the molecule is CCN1CCCc2cc3c(cc21)OCC=N3. The molecule has 2 heterocycles. The monoisotopic (exact) mass is 216 g/mol. The van der Waals surface area contributed by atoms with Gasteiger partial charge < -0.3 is 9.64 Å². The highest BCUT2D eigenvalue weighted by molar-refractivity contribution is 5.75. The van der Waals surface area contributed by atoms with Crippen molar-refractivity contribution in [1.29, 1.82) is 0 Å². The predicted octanol–water partition coefficient (Wildman–Crippen LogP) is 2.55.